The second kappa shape index (κ2) is 5.37. The summed E-state index contributed by atoms with van der Waals surface area (Å²) in [5.41, 5.74) is 3.60. The minimum Gasteiger partial charge on any atom is -0.326 e. The fraction of sp³-hybridized carbons (Fsp3) is 0.235. The van der Waals surface area contributed by atoms with Crippen molar-refractivity contribution in [3.8, 4) is 11.1 Å². The van der Waals surface area contributed by atoms with Gasteiger partial charge in [0.05, 0.1) is 0 Å². The summed E-state index contributed by atoms with van der Waals surface area (Å²) in [7, 11) is 1.85. The fourth-order valence-electron chi connectivity index (χ4n) is 2.50. The van der Waals surface area contributed by atoms with E-state index in [1.165, 1.54) is 16.7 Å². The highest BCUT2D eigenvalue weighted by molar-refractivity contribution is 5.76. The van der Waals surface area contributed by atoms with E-state index in [0.29, 0.717) is 6.54 Å². The summed E-state index contributed by atoms with van der Waals surface area (Å²) in [6, 6.07) is 18.9. The maximum atomic E-state index is 11.8. The lowest BCUT2D eigenvalue weighted by Crippen LogP contribution is -2.28. The molecular formula is C17H18N2O. The zero-order valence-electron chi connectivity index (χ0n) is 11.6. The molecule has 1 aliphatic rings. The third-order valence-electron chi connectivity index (χ3n) is 3.74. The van der Waals surface area contributed by atoms with Crippen molar-refractivity contribution in [2.24, 2.45) is 0 Å². The molecule has 1 aliphatic heterocycles. The summed E-state index contributed by atoms with van der Waals surface area (Å²) in [6.07, 6.45) is 0. The molecule has 3 nitrogen and oxygen atoms in total. The zero-order chi connectivity index (χ0) is 13.9. The summed E-state index contributed by atoms with van der Waals surface area (Å²) >= 11 is 0. The topological polar surface area (TPSA) is 23.6 Å². The van der Waals surface area contributed by atoms with Gasteiger partial charge in [0, 0.05) is 26.7 Å². The van der Waals surface area contributed by atoms with Crippen LogP contribution < -0.4 is 0 Å². The van der Waals surface area contributed by atoms with Gasteiger partial charge in [-0.1, -0.05) is 54.6 Å². The van der Waals surface area contributed by atoms with E-state index in [1.807, 2.05) is 30.1 Å². The quantitative estimate of drug-likeness (QED) is 0.836. The first-order valence-corrected chi connectivity index (χ1v) is 6.88. The molecule has 0 aromatic heterocycles. The molecule has 1 saturated heterocycles. The Morgan fingerprint density at radius 3 is 2.15 bits per heavy atom. The Hall–Kier alpha value is -2.29. The van der Waals surface area contributed by atoms with Crippen molar-refractivity contribution in [3.63, 3.8) is 0 Å². The van der Waals surface area contributed by atoms with Gasteiger partial charge in [-0.15, -0.1) is 0 Å². The van der Waals surface area contributed by atoms with Crippen LogP contribution in [0.3, 0.4) is 0 Å². The van der Waals surface area contributed by atoms with E-state index >= 15 is 0 Å². The molecule has 0 atom stereocenters. The lowest BCUT2D eigenvalue weighted by Gasteiger charge is -2.16. The predicted molar refractivity (Wildman–Crippen MR) is 80.3 cm³/mol. The van der Waals surface area contributed by atoms with Crippen LogP contribution in [0, 0.1) is 0 Å². The smallest absolute Gasteiger partial charge is 0.320 e. The first kappa shape index (κ1) is 12.7. The highest BCUT2D eigenvalue weighted by Crippen LogP contribution is 2.20. The molecule has 2 aromatic rings. The van der Waals surface area contributed by atoms with E-state index in [4.69, 9.17) is 0 Å². The van der Waals surface area contributed by atoms with Gasteiger partial charge in [0.1, 0.15) is 0 Å². The molecule has 20 heavy (non-hydrogen) atoms. The number of amides is 2. The Labute approximate surface area is 119 Å². The normalized spacial score (nSPS) is 14.9. The van der Waals surface area contributed by atoms with Gasteiger partial charge in [0.15, 0.2) is 0 Å². The number of hydrogen-bond acceptors (Lipinski definition) is 1. The van der Waals surface area contributed by atoms with E-state index in [9.17, 15) is 4.79 Å². The van der Waals surface area contributed by atoms with Crippen LogP contribution in [-0.4, -0.2) is 36.0 Å². The Balaban J connectivity index is 1.72. The molecule has 0 N–H and O–H groups in total. The number of hydrogen-bond donors (Lipinski definition) is 0. The molecule has 0 aliphatic carbocycles. The van der Waals surface area contributed by atoms with Crippen LogP contribution >= 0.6 is 0 Å². The molecule has 0 radical (unpaired) electrons. The minimum atomic E-state index is 0.122. The van der Waals surface area contributed by atoms with Crippen LogP contribution in [0.2, 0.25) is 0 Å². The van der Waals surface area contributed by atoms with Gasteiger partial charge in [-0.3, -0.25) is 0 Å². The van der Waals surface area contributed by atoms with E-state index in [1.54, 1.807) is 4.90 Å². The summed E-state index contributed by atoms with van der Waals surface area (Å²) < 4.78 is 0. The summed E-state index contributed by atoms with van der Waals surface area (Å²) in [5.74, 6) is 0. The first-order chi connectivity index (χ1) is 9.74. The van der Waals surface area contributed by atoms with Crippen LogP contribution in [0.1, 0.15) is 5.56 Å². The maximum Gasteiger partial charge on any atom is 0.320 e. The van der Waals surface area contributed by atoms with Crippen LogP contribution in [0.4, 0.5) is 4.79 Å². The fourth-order valence-corrected chi connectivity index (χ4v) is 2.50. The van der Waals surface area contributed by atoms with Crippen LogP contribution in [-0.2, 0) is 6.54 Å². The molecule has 102 valence electrons. The Morgan fingerprint density at radius 1 is 0.900 bits per heavy atom. The first-order valence-electron chi connectivity index (χ1n) is 6.88. The molecule has 0 bridgehead atoms. The van der Waals surface area contributed by atoms with Gasteiger partial charge in [-0.2, -0.15) is 0 Å². The van der Waals surface area contributed by atoms with E-state index < -0.39 is 0 Å². The van der Waals surface area contributed by atoms with E-state index in [-0.39, 0.29) is 6.03 Å². The third-order valence-corrected chi connectivity index (χ3v) is 3.74. The Bertz CT molecular complexity index is 592. The number of rotatable bonds is 3. The van der Waals surface area contributed by atoms with Gasteiger partial charge < -0.3 is 9.80 Å². The van der Waals surface area contributed by atoms with Gasteiger partial charge >= 0.3 is 6.03 Å². The monoisotopic (exact) mass is 266 g/mol. The summed E-state index contributed by atoms with van der Waals surface area (Å²) in [4.78, 5) is 15.5. The highest BCUT2D eigenvalue weighted by atomic mass is 16.2. The van der Waals surface area contributed by atoms with Crippen molar-refractivity contribution in [3.05, 3.63) is 60.2 Å². The van der Waals surface area contributed by atoms with E-state index in [0.717, 1.165) is 13.1 Å². The minimum absolute atomic E-state index is 0.122. The molecule has 2 amide bonds. The molecule has 2 aromatic carbocycles. The van der Waals surface area contributed by atoms with Crippen molar-refractivity contribution in [2.45, 2.75) is 6.54 Å². The number of urea groups is 1. The van der Waals surface area contributed by atoms with Gasteiger partial charge in [-0.05, 0) is 16.7 Å². The number of carbonyl (C=O) groups is 1. The summed E-state index contributed by atoms with van der Waals surface area (Å²) in [6.45, 7) is 2.33. The molecule has 1 fully saturated rings. The average molecular weight is 266 g/mol. The van der Waals surface area contributed by atoms with Crippen molar-refractivity contribution in [2.75, 3.05) is 20.1 Å². The number of likely N-dealkylation sites (N-methyl/N-ethyl adjacent to an activating group) is 1. The number of benzene rings is 2. The molecule has 0 saturated carbocycles. The predicted octanol–water partition coefficient (Wildman–Crippen LogP) is 3.22. The van der Waals surface area contributed by atoms with Crippen LogP contribution in [0.5, 0.6) is 0 Å². The molecule has 3 rings (SSSR count). The van der Waals surface area contributed by atoms with Crippen molar-refractivity contribution < 1.29 is 4.79 Å². The lowest BCUT2D eigenvalue weighted by molar-refractivity contribution is 0.197. The third kappa shape index (κ3) is 2.52. The Kier molecular flexibility index (Phi) is 3.42. The number of nitrogens with zero attached hydrogens (tertiary/aromatic N) is 2. The molecule has 0 spiro atoms. The van der Waals surface area contributed by atoms with Crippen molar-refractivity contribution >= 4 is 6.03 Å². The average Bonchev–Trinajstić information content (AvgIpc) is 2.81. The summed E-state index contributed by atoms with van der Waals surface area (Å²) in [5, 5.41) is 0. The molecule has 0 unspecified atom stereocenters. The van der Waals surface area contributed by atoms with Gasteiger partial charge in [-0.25, -0.2) is 4.79 Å². The lowest BCUT2D eigenvalue weighted by atomic mass is 10.0. The standard InChI is InChI=1S/C17H18N2O/c1-18-11-12-19(17(18)20)13-14-7-9-16(10-8-14)15-5-3-2-4-6-15/h2-10H,11-13H2,1H3. The number of carbonyl (C=O) groups excluding carboxylic acids is 1. The molecule has 1 heterocycles. The second-order valence-corrected chi connectivity index (χ2v) is 5.19. The van der Waals surface area contributed by atoms with Crippen LogP contribution in [0.15, 0.2) is 54.6 Å². The van der Waals surface area contributed by atoms with Crippen LogP contribution in [0.25, 0.3) is 11.1 Å². The van der Waals surface area contributed by atoms with Crippen molar-refractivity contribution in [1.29, 1.82) is 0 Å². The van der Waals surface area contributed by atoms with E-state index in [2.05, 4.69) is 36.4 Å². The zero-order valence-corrected chi connectivity index (χ0v) is 11.6. The largest absolute Gasteiger partial charge is 0.326 e. The van der Waals surface area contributed by atoms with Gasteiger partial charge in [0.2, 0.25) is 0 Å². The maximum absolute atomic E-state index is 11.8. The second-order valence-electron chi connectivity index (χ2n) is 5.19. The molecule has 3 heteroatoms. The van der Waals surface area contributed by atoms with Crippen molar-refractivity contribution in [1.82, 2.24) is 9.80 Å². The SMILES string of the molecule is CN1CCN(Cc2ccc(-c3ccccc3)cc2)C1=O. The highest BCUT2D eigenvalue weighted by Gasteiger charge is 2.24. The van der Waals surface area contributed by atoms with Gasteiger partial charge in [0.25, 0.3) is 0 Å². The molecular weight excluding hydrogens is 248 g/mol. The Morgan fingerprint density at radius 2 is 1.55 bits per heavy atom.